The number of fused-ring (bicyclic) bond motifs is 2. The Labute approximate surface area is 144 Å². The Morgan fingerprint density at radius 3 is 2.28 bits per heavy atom. The predicted molar refractivity (Wildman–Crippen MR) is 82.8 cm³/mol. The van der Waals surface area contributed by atoms with Crippen LogP contribution in [0.25, 0.3) is 0 Å². The van der Waals surface area contributed by atoms with E-state index in [2.05, 4.69) is 10.1 Å². The van der Waals surface area contributed by atoms with Crippen LogP contribution < -0.4 is 11.1 Å². The number of aliphatic carboxylic acids is 1. The van der Waals surface area contributed by atoms with Gasteiger partial charge in [-0.3, -0.25) is 24.0 Å². The van der Waals surface area contributed by atoms with Gasteiger partial charge in [0.1, 0.15) is 6.04 Å². The maximum Gasteiger partial charge on any atom is 0.305 e. The molecule has 0 radical (unpaired) electrons. The van der Waals surface area contributed by atoms with Crippen molar-refractivity contribution in [2.75, 3.05) is 6.61 Å². The highest BCUT2D eigenvalue weighted by molar-refractivity contribution is 5.95. The zero-order valence-corrected chi connectivity index (χ0v) is 13.9. The van der Waals surface area contributed by atoms with Gasteiger partial charge in [-0.1, -0.05) is 0 Å². The van der Waals surface area contributed by atoms with Gasteiger partial charge < -0.3 is 20.9 Å². The van der Waals surface area contributed by atoms with E-state index in [1.165, 1.54) is 0 Å². The number of carboxylic acid groups (broad SMARTS) is 1. The molecule has 5 atom stereocenters. The van der Waals surface area contributed by atoms with Crippen LogP contribution in [-0.2, 0) is 28.7 Å². The quantitative estimate of drug-likeness (QED) is 0.484. The van der Waals surface area contributed by atoms with E-state index in [0.29, 0.717) is 0 Å². The summed E-state index contributed by atoms with van der Waals surface area (Å²) in [4.78, 5) is 58.1. The van der Waals surface area contributed by atoms with E-state index in [0.717, 1.165) is 26.2 Å². The summed E-state index contributed by atoms with van der Waals surface area (Å²) in [7, 11) is 0. The van der Waals surface area contributed by atoms with E-state index in [9.17, 15) is 24.0 Å². The number of carbonyl (C=O) groups is 5. The van der Waals surface area contributed by atoms with Gasteiger partial charge in [0, 0.05) is 6.92 Å². The molecule has 9 nitrogen and oxygen atoms in total. The topological polar surface area (TPSA) is 153 Å². The molecule has 0 aromatic heterocycles. The Morgan fingerprint density at radius 1 is 1.16 bits per heavy atom. The van der Waals surface area contributed by atoms with Crippen LogP contribution in [0.1, 0.15) is 32.6 Å². The number of rotatable bonds is 8. The molecule has 9 heteroatoms. The summed E-state index contributed by atoms with van der Waals surface area (Å²) in [6, 6.07) is -1.32. The monoisotopic (exact) mass is 354 g/mol. The van der Waals surface area contributed by atoms with Crippen LogP contribution >= 0.6 is 0 Å². The van der Waals surface area contributed by atoms with Crippen molar-refractivity contribution in [2.45, 2.75) is 38.6 Å². The van der Waals surface area contributed by atoms with Crippen molar-refractivity contribution >= 4 is 29.5 Å². The van der Waals surface area contributed by atoms with E-state index in [1.807, 2.05) is 0 Å². The number of Topliss-reactive ketones (excluding diaryl/α,β-unsaturated/α-hetero) is 1. The summed E-state index contributed by atoms with van der Waals surface area (Å²) in [6.45, 7) is 0.494. The van der Waals surface area contributed by atoms with Crippen molar-refractivity contribution < 1.29 is 33.8 Å². The van der Waals surface area contributed by atoms with Gasteiger partial charge in [0.25, 0.3) is 0 Å². The molecule has 4 N–H and O–H groups in total. The van der Waals surface area contributed by atoms with Gasteiger partial charge >= 0.3 is 11.9 Å². The fraction of sp³-hybridized carbons (Fsp3) is 0.688. The molecule has 2 rings (SSSR count). The SMILES string of the molecule is CC(=O)OCC(=O)C(CC(=O)O)NC(=O)C1C2CCC(C2)C1C(N)=O. The second kappa shape index (κ2) is 7.62. The highest BCUT2D eigenvalue weighted by atomic mass is 16.5. The number of esters is 1. The largest absolute Gasteiger partial charge is 0.481 e. The van der Waals surface area contributed by atoms with Crippen LogP contribution in [0, 0.1) is 23.7 Å². The number of carbonyl (C=O) groups excluding carboxylic acids is 4. The molecule has 25 heavy (non-hydrogen) atoms. The second-order valence-electron chi connectivity index (χ2n) is 6.69. The smallest absolute Gasteiger partial charge is 0.305 e. The van der Waals surface area contributed by atoms with E-state index in [-0.39, 0.29) is 11.8 Å². The van der Waals surface area contributed by atoms with Gasteiger partial charge in [0.2, 0.25) is 11.8 Å². The number of carboxylic acids is 1. The van der Waals surface area contributed by atoms with Gasteiger partial charge in [0.15, 0.2) is 12.4 Å². The molecule has 0 heterocycles. The minimum Gasteiger partial charge on any atom is -0.481 e. The number of nitrogens with two attached hydrogens (primary N) is 1. The number of ether oxygens (including phenoxy) is 1. The van der Waals surface area contributed by atoms with E-state index < -0.39 is 60.4 Å². The molecule has 0 aliphatic heterocycles. The number of amides is 2. The zero-order chi connectivity index (χ0) is 18.7. The number of ketones is 1. The third kappa shape index (κ3) is 4.34. The van der Waals surface area contributed by atoms with Crippen molar-refractivity contribution in [1.82, 2.24) is 5.32 Å². The Hall–Kier alpha value is -2.45. The maximum atomic E-state index is 12.6. The lowest BCUT2D eigenvalue weighted by Crippen LogP contribution is -2.50. The third-order valence-electron chi connectivity index (χ3n) is 5.05. The molecule has 0 spiro atoms. The minimum absolute atomic E-state index is 0.0107. The average molecular weight is 354 g/mol. The fourth-order valence-electron chi connectivity index (χ4n) is 4.04. The van der Waals surface area contributed by atoms with Gasteiger partial charge in [-0.05, 0) is 31.1 Å². The fourth-order valence-corrected chi connectivity index (χ4v) is 4.04. The molecule has 2 aliphatic carbocycles. The summed E-state index contributed by atoms with van der Waals surface area (Å²) in [5.41, 5.74) is 5.43. The highest BCUT2D eigenvalue weighted by Crippen LogP contribution is 2.52. The van der Waals surface area contributed by atoms with Crippen molar-refractivity contribution in [3.8, 4) is 0 Å². The van der Waals surface area contributed by atoms with Gasteiger partial charge in [-0.2, -0.15) is 0 Å². The van der Waals surface area contributed by atoms with Crippen LogP contribution in [0.15, 0.2) is 0 Å². The molecule has 0 saturated heterocycles. The van der Waals surface area contributed by atoms with Gasteiger partial charge in [-0.15, -0.1) is 0 Å². The van der Waals surface area contributed by atoms with Crippen molar-refractivity contribution in [2.24, 2.45) is 29.4 Å². The number of primary amides is 1. The third-order valence-corrected chi connectivity index (χ3v) is 5.05. The Balaban J connectivity index is 2.07. The Bertz CT molecular complexity index is 603. The van der Waals surface area contributed by atoms with E-state index in [1.54, 1.807) is 0 Å². The first kappa shape index (κ1) is 18.9. The lowest BCUT2D eigenvalue weighted by molar-refractivity contribution is -0.148. The summed E-state index contributed by atoms with van der Waals surface area (Å²) >= 11 is 0. The summed E-state index contributed by atoms with van der Waals surface area (Å²) in [6.07, 6.45) is 1.74. The number of hydrogen-bond donors (Lipinski definition) is 3. The van der Waals surface area contributed by atoms with Crippen LogP contribution in [0.4, 0.5) is 0 Å². The van der Waals surface area contributed by atoms with Crippen molar-refractivity contribution in [3.63, 3.8) is 0 Å². The van der Waals surface area contributed by atoms with Crippen LogP contribution in [0.2, 0.25) is 0 Å². The van der Waals surface area contributed by atoms with Crippen LogP contribution in [0.3, 0.4) is 0 Å². The number of nitrogens with one attached hydrogen (secondary N) is 1. The summed E-state index contributed by atoms with van der Waals surface area (Å²) in [5.74, 6) is -4.93. The second-order valence-corrected chi connectivity index (χ2v) is 6.69. The molecule has 2 fully saturated rings. The average Bonchev–Trinajstić information content (AvgIpc) is 3.12. The van der Waals surface area contributed by atoms with E-state index >= 15 is 0 Å². The van der Waals surface area contributed by atoms with Crippen molar-refractivity contribution in [1.29, 1.82) is 0 Å². The van der Waals surface area contributed by atoms with Crippen LogP contribution in [-0.4, -0.2) is 47.3 Å². The summed E-state index contributed by atoms with van der Waals surface area (Å²) < 4.78 is 4.58. The normalized spacial score (nSPS) is 28.2. The molecular weight excluding hydrogens is 332 g/mol. The zero-order valence-electron chi connectivity index (χ0n) is 13.9. The molecule has 2 amide bonds. The molecule has 2 bridgehead atoms. The van der Waals surface area contributed by atoms with Gasteiger partial charge in [0.05, 0.1) is 18.3 Å². The lowest BCUT2D eigenvalue weighted by atomic mass is 9.78. The molecular formula is C16H22N2O7. The molecule has 2 saturated carbocycles. The molecule has 2 aliphatic rings. The first-order valence-corrected chi connectivity index (χ1v) is 8.18. The predicted octanol–water partition coefficient (Wildman–Crippen LogP) is -0.774. The molecule has 5 unspecified atom stereocenters. The molecule has 0 aromatic carbocycles. The first-order chi connectivity index (χ1) is 11.7. The Morgan fingerprint density at radius 2 is 1.76 bits per heavy atom. The summed E-state index contributed by atoms with van der Waals surface area (Å²) in [5, 5.41) is 11.4. The minimum atomic E-state index is -1.32. The highest BCUT2D eigenvalue weighted by Gasteiger charge is 2.53. The maximum absolute atomic E-state index is 12.6. The standard InChI is InChI=1S/C16H22N2O7/c1-7(19)25-6-11(20)10(5-12(21)22)18-16(24)14-9-3-2-8(4-9)13(14)15(17)23/h8-10,13-14H,2-6H2,1H3,(H2,17,23)(H,18,24)(H,21,22). The van der Waals surface area contributed by atoms with E-state index in [4.69, 9.17) is 10.8 Å². The molecule has 0 aromatic rings. The Kier molecular flexibility index (Phi) is 5.76. The lowest BCUT2D eigenvalue weighted by Gasteiger charge is -2.29. The first-order valence-electron chi connectivity index (χ1n) is 8.18. The van der Waals surface area contributed by atoms with Crippen LogP contribution in [0.5, 0.6) is 0 Å². The number of hydrogen-bond acceptors (Lipinski definition) is 6. The molecule has 138 valence electrons. The van der Waals surface area contributed by atoms with Gasteiger partial charge in [-0.25, -0.2) is 0 Å². The van der Waals surface area contributed by atoms with Crippen molar-refractivity contribution in [3.05, 3.63) is 0 Å².